The Hall–Kier alpha value is -4.93. The highest BCUT2D eigenvalue weighted by Gasteiger charge is 2.29. The molecule has 0 spiro atoms. The molecule has 1 aliphatic heterocycles. The van der Waals surface area contributed by atoms with Gasteiger partial charge < -0.3 is 9.47 Å². The van der Waals surface area contributed by atoms with E-state index in [2.05, 4.69) is 137 Å². The SMILES string of the molecule is C=N/C=C\C=C(/C)c1ccc(N2c3ccccc3-n3c4c2cccc4c2ccc4c5ccccc5sc4c23)cc1. The molecule has 0 bridgehead atoms. The molecule has 2 aromatic heterocycles. The maximum Gasteiger partial charge on any atom is 0.0783 e. The number of hydrogen-bond donors (Lipinski definition) is 0. The molecule has 0 saturated heterocycles. The van der Waals surface area contributed by atoms with Crippen molar-refractivity contribution in [2.24, 2.45) is 4.99 Å². The van der Waals surface area contributed by atoms with Crippen LogP contribution in [-0.2, 0) is 0 Å². The molecule has 190 valence electrons. The number of hydrogen-bond acceptors (Lipinski definition) is 3. The van der Waals surface area contributed by atoms with Crippen LogP contribution < -0.4 is 4.90 Å². The van der Waals surface area contributed by atoms with Crippen molar-refractivity contribution in [2.75, 3.05) is 4.90 Å². The number of aliphatic imine (C=N–C) groups is 1. The van der Waals surface area contributed by atoms with Gasteiger partial charge in [0.2, 0.25) is 0 Å². The first-order valence-electron chi connectivity index (χ1n) is 13.4. The first kappa shape index (κ1) is 23.0. The average molecular weight is 532 g/mol. The lowest BCUT2D eigenvalue weighted by Crippen LogP contribution is -2.18. The van der Waals surface area contributed by atoms with Crippen LogP contribution in [0.4, 0.5) is 17.1 Å². The van der Waals surface area contributed by atoms with Gasteiger partial charge >= 0.3 is 0 Å². The zero-order valence-electron chi connectivity index (χ0n) is 22.0. The zero-order valence-corrected chi connectivity index (χ0v) is 22.8. The fourth-order valence-corrected chi connectivity index (χ4v) is 7.44. The van der Waals surface area contributed by atoms with Crippen LogP contribution >= 0.6 is 11.3 Å². The third-order valence-corrected chi connectivity index (χ3v) is 9.19. The fraction of sp³-hybridized carbons (Fsp3) is 0.0278. The van der Waals surface area contributed by atoms with Crippen molar-refractivity contribution in [3.63, 3.8) is 0 Å². The van der Waals surface area contributed by atoms with Gasteiger partial charge in [-0.2, -0.15) is 0 Å². The van der Waals surface area contributed by atoms with Gasteiger partial charge in [-0.05, 0) is 67.3 Å². The number of rotatable bonds is 4. The molecule has 5 aromatic carbocycles. The third kappa shape index (κ3) is 3.20. The summed E-state index contributed by atoms with van der Waals surface area (Å²) < 4.78 is 5.18. The number of allylic oxidation sites excluding steroid dienone is 3. The van der Waals surface area contributed by atoms with Gasteiger partial charge in [0.15, 0.2) is 0 Å². The number of fused-ring (bicyclic) bond motifs is 9. The highest BCUT2D eigenvalue weighted by molar-refractivity contribution is 7.26. The van der Waals surface area contributed by atoms with Crippen LogP contribution in [0.5, 0.6) is 0 Å². The van der Waals surface area contributed by atoms with Crippen LogP contribution in [0.25, 0.3) is 53.2 Å². The van der Waals surface area contributed by atoms with Crippen molar-refractivity contribution in [3.05, 3.63) is 127 Å². The minimum Gasteiger partial charge on any atom is -0.306 e. The largest absolute Gasteiger partial charge is 0.306 e. The van der Waals surface area contributed by atoms with Gasteiger partial charge in [-0.3, -0.25) is 4.99 Å². The Morgan fingerprint density at radius 2 is 1.40 bits per heavy atom. The van der Waals surface area contributed by atoms with Crippen LogP contribution in [0.15, 0.2) is 126 Å². The summed E-state index contributed by atoms with van der Waals surface area (Å²) in [6.07, 6.45) is 5.69. The summed E-state index contributed by atoms with van der Waals surface area (Å²) >= 11 is 1.90. The van der Waals surface area contributed by atoms with Gasteiger partial charge in [-0.1, -0.05) is 72.8 Å². The average Bonchev–Trinajstić information content (AvgIpc) is 3.55. The molecule has 40 heavy (non-hydrogen) atoms. The molecule has 0 unspecified atom stereocenters. The van der Waals surface area contributed by atoms with E-state index in [1.807, 2.05) is 17.4 Å². The second-order valence-electron chi connectivity index (χ2n) is 10.2. The van der Waals surface area contributed by atoms with Gasteiger partial charge in [-0.15, -0.1) is 11.3 Å². The van der Waals surface area contributed by atoms with E-state index in [1.165, 1.54) is 70.2 Å². The molecule has 0 saturated carbocycles. The molecule has 3 heterocycles. The van der Waals surface area contributed by atoms with E-state index in [1.54, 1.807) is 6.20 Å². The van der Waals surface area contributed by atoms with Crippen LogP contribution in [-0.4, -0.2) is 11.3 Å². The van der Waals surface area contributed by atoms with Crippen LogP contribution in [0.1, 0.15) is 12.5 Å². The topological polar surface area (TPSA) is 20.5 Å². The van der Waals surface area contributed by atoms with E-state index in [4.69, 9.17) is 0 Å². The standard InChI is InChI=1S/C36H25N3S/c1-23(9-8-22-37-2)24-16-18-25(19-17-24)38-30-12-4-5-13-31(30)39-34-27(11-7-14-32(34)38)28-20-21-29-26-10-3-6-15-33(26)40-36(29)35(28)39/h3-22H,2H2,1H3/b22-8-,23-9+. The maximum absolute atomic E-state index is 3.80. The van der Waals surface area contributed by atoms with Crippen molar-refractivity contribution in [1.29, 1.82) is 0 Å². The summed E-state index contributed by atoms with van der Waals surface area (Å²) in [6.45, 7) is 5.63. The number of para-hydroxylation sites is 3. The summed E-state index contributed by atoms with van der Waals surface area (Å²) in [4.78, 5) is 6.20. The zero-order chi connectivity index (χ0) is 26.8. The Labute approximate surface area is 236 Å². The highest BCUT2D eigenvalue weighted by Crippen LogP contribution is 2.51. The van der Waals surface area contributed by atoms with Gasteiger partial charge in [-0.25, -0.2) is 0 Å². The molecule has 0 atom stereocenters. The second-order valence-corrected chi connectivity index (χ2v) is 11.2. The summed E-state index contributed by atoms with van der Waals surface area (Å²) in [6, 6.07) is 37.7. The second kappa shape index (κ2) is 8.80. The molecule has 0 radical (unpaired) electrons. The van der Waals surface area contributed by atoms with E-state index in [-0.39, 0.29) is 0 Å². The molecule has 0 amide bonds. The Morgan fingerprint density at radius 1 is 0.700 bits per heavy atom. The van der Waals surface area contributed by atoms with Crippen LogP contribution in [0.2, 0.25) is 0 Å². The first-order chi connectivity index (χ1) is 19.7. The van der Waals surface area contributed by atoms with E-state index in [9.17, 15) is 0 Å². The lowest BCUT2D eigenvalue weighted by molar-refractivity contribution is 1.12. The molecular weight excluding hydrogens is 506 g/mol. The summed E-state index contributed by atoms with van der Waals surface area (Å²) in [5.74, 6) is 0. The summed E-state index contributed by atoms with van der Waals surface area (Å²) in [7, 11) is 0. The lowest BCUT2D eigenvalue weighted by atomic mass is 10.0. The van der Waals surface area contributed by atoms with Gasteiger partial charge in [0.25, 0.3) is 0 Å². The number of thiophene rings is 1. The number of nitrogens with zero attached hydrogens (tertiary/aromatic N) is 3. The molecule has 8 rings (SSSR count). The van der Waals surface area contributed by atoms with E-state index >= 15 is 0 Å². The predicted molar refractivity (Wildman–Crippen MR) is 174 cm³/mol. The quantitative estimate of drug-likeness (QED) is 0.163. The monoisotopic (exact) mass is 531 g/mol. The number of benzene rings is 5. The first-order valence-corrected chi connectivity index (χ1v) is 14.2. The van der Waals surface area contributed by atoms with Crippen molar-refractivity contribution in [1.82, 2.24) is 4.57 Å². The molecule has 0 N–H and O–H groups in total. The van der Waals surface area contributed by atoms with Crippen molar-refractivity contribution >= 4 is 82.7 Å². The minimum atomic E-state index is 1.14. The van der Waals surface area contributed by atoms with E-state index < -0.39 is 0 Å². The van der Waals surface area contributed by atoms with Crippen molar-refractivity contribution in [2.45, 2.75) is 6.92 Å². The van der Waals surface area contributed by atoms with Gasteiger partial charge in [0.05, 0.1) is 32.8 Å². The molecule has 0 fully saturated rings. The predicted octanol–water partition coefficient (Wildman–Crippen LogP) is 10.6. The Morgan fingerprint density at radius 3 is 2.25 bits per heavy atom. The molecular formula is C36H25N3S. The lowest BCUT2D eigenvalue weighted by Gasteiger charge is -2.33. The normalized spacial score (nSPS) is 13.2. The van der Waals surface area contributed by atoms with Gasteiger partial charge in [0.1, 0.15) is 0 Å². The van der Waals surface area contributed by atoms with E-state index in [0.717, 1.165) is 5.69 Å². The highest BCUT2D eigenvalue weighted by atomic mass is 32.1. The van der Waals surface area contributed by atoms with Crippen molar-refractivity contribution in [3.8, 4) is 5.69 Å². The van der Waals surface area contributed by atoms with Crippen molar-refractivity contribution < 1.29 is 0 Å². The van der Waals surface area contributed by atoms with Crippen LogP contribution in [0, 0.1) is 0 Å². The molecule has 3 nitrogen and oxygen atoms in total. The number of aromatic nitrogens is 1. The van der Waals surface area contributed by atoms with Gasteiger partial charge in [0, 0.05) is 38.1 Å². The summed E-state index contributed by atoms with van der Waals surface area (Å²) in [5, 5.41) is 5.23. The smallest absolute Gasteiger partial charge is 0.0783 e. The fourth-order valence-electron chi connectivity index (χ4n) is 6.20. The summed E-state index contributed by atoms with van der Waals surface area (Å²) in [5.41, 5.74) is 9.63. The molecule has 4 heteroatoms. The Balaban J connectivity index is 1.41. The Bertz CT molecular complexity index is 2190. The maximum atomic E-state index is 3.80. The van der Waals surface area contributed by atoms with Crippen LogP contribution in [0.3, 0.4) is 0 Å². The van der Waals surface area contributed by atoms with E-state index in [0.29, 0.717) is 0 Å². The number of anilines is 3. The Kier molecular flexibility index (Phi) is 5.06. The molecule has 7 aromatic rings. The molecule has 1 aliphatic rings. The molecule has 0 aliphatic carbocycles. The third-order valence-electron chi connectivity index (χ3n) is 8.00. The minimum absolute atomic E-state index is 1.14.